The molecule has 0 bridgehead atoms. The molecular formula is C20H17N5. The minimum Gasteiger partial charge on any atom is -0.385 e. The topological polar surface area (TPSA) is 74.5 Å². The van der Waals surface area contributed by atoms with E-state index in [9.17, 15) is 5.26 Å². The second-order valence-electron chi connectivity index (χ2n) is 5.44. The number of hydrogen-bond acceptors (Lipinski definition) is 5. The normalized spacial score (nSPS) is 10.0. The van der Waals surface area contributed by atoms with Crippen LogP contribution in [0.25, 0.3) is 17.0 Å². The fraction of sp³-hybridized carbons (Fsp3) is 0.100. The van der Waals surface area contributed by atoms with Crippen LogP contribution in [0.2, 0.25) is 0 Å². The highest BCUT2D eigenvalue weighted by molar-refractivity contribution is 5.69. The van der Waals surface area contributed by atoms with Crippen molar-refractivity contribution in [1.82, 2.24) is 20.3 Å². The van der Waals surface area contributed by atoms with Crippen molar-refractivity contribution in [3.63, 3.8) is 0 Å². The van der Waals surface area contributed by atoms with Gasteiger partial charge in [0.25, 0.3) is 0 Å². The van der Waals surface area contributed by atoms with Crippen LogP contribution < -0.4 is 5.32 Å². The third-order valence-corrected chi connectivity index (χ3v) is 3.77. The van der Waals surface area contributed by atoms with Gasteiger partial charge in [0.2, 0.25) is 0 Å². The van der Waals surface area contributed by atoms with Crippen molar-refractivity contribution in [1.29, 1.82) is 5.26 Å². The van der Waals surface area contributed by atoms with Gasteiger partial charge in [-0.05, 0) is 18.2 Å². The Morgan fingerprint density at radius 3 is 2.68 bits per heavy atom. The second-order valence-corrected chi connectivity index (χ2v) is 5.44. The van der Waals surface area contributed by atoms with Crippen molar-refractivity contribution in [2.45, 2.75) is 6.42 Å². The highest BCUT2D eigenvalue weighted by Crippen LogP contribution is 2.22. The molecule has 3 rings (SSSR count). The van der Waals surface area contributed by atoms with Gasteiger partial charge in [-0.25, -0.2) is 0 Å². The Hall–Kier alpha value is -3.52. The highest BCUT2D eigenvalue weighted by Gasteiger charge is 2.06. The molecule has 0 unspecified atom stereocenters. The van der Waals surface area contributed by atoms with E-state index in [2.05, 4.69) is 32.9 Å². The molecule has 0 aliphatic carbocycles. The van der Waals surface area contributed by atoms with Gasteiger partial charge in [-0.15, -0.1) is 0 Å². The molecule has 25 heavy (non-hydrogen) atoms. The average Bonchev–Trinajstić information content (AvgIpc) is 2.69. The lowest BCUT2D eigenvalue weighted by Gasteiger charge is -2.10. The Kier molecular flexibility index (Phi) is 5.13. The summed E-state index contributed by atoms with van der Waals surface area (Å²) in [6.07, 6.45) is 7.64. The fourth-order valence-corrected chi connectivity index (χ4v) is 2.44. The van der Waals surface area contributed by atoms with E-state index in [1.54, 1.807) is 30.9 Å². The smallest absolute Gasteiger partial charge is 0.0998 e. The van der Waals surface area contributed by atoms with E-state index in [0.29, 0.717) is 5.56 Å². The van der Waals surface area contributed by atoms with Crippen LogP contribution in [0.4, 0.5) is 0 Å². The molecule has 2 aromatic heterocycles. The summed E-state index contributed by atoms with van der Waals surface area (Å²) in [4.78, 5) is 12.8. The molecule has 1 aromatic carbocycles. The Labute approximate surface area is 146 Å². The lowest BCUT2D eigenvalue weighted by atomic mass is 10.0. The van der Waals surface area contributed by atoms with Crippen LogP contribution in [0.15, 0.2) is 67.8 Å². The second kappa shape index (κ2) is 7.84. The lowest BCUT2D eigenvalue weighted by molar-refractivity contribution is 0.820. The predicted molar refractivity (Wildman–Crippen MR) is 97.2 cm³/mol. The van der Waals surface area contributed by atoms with Gasteiger partial charge in [-0.3, -0.25) is 15.0 Å². The highest BCUT2D eigenvalue weighted by atomic mass is 14.9. The Bertz CT molecular complexity index is 895. The average molecular weight is 327 g/mol. The lowest BCUT2D eigenvalue weighted by Crippen LogP contribution is -2.15. The third kappa shape index (κ3) is 4.06. The molecule has 0 atom stereocenters. The van der Waals surface area contributed by atoms with Crippen LogP contribution >= 0.6 is 0 Å². The number of rotatable bonds is 6. The Balaban J connectivity index is 1.64. The molecule has 0 radical (unpaired) electrons. The van der Waals surface area contributed by atoms with Gasteiger partial charge in [0.1, 0.15) is 0 Å². The zero-order valence-corrected chi connectivity index (χ0v) is 13.7. The van der Waals surface area contributed by atoms with Crippen molar-refractivity contribution >= 4 is 5.70 Å². The first-order valence-corrected chi connectivity index (χ1v) is 7.91. The molecule has 0 spiro atoms. The maximum Gasteiger partial charge on any atom is 0.0998 e. The molecule has 0 amide bonds. The van der Waals surface area contributed by atoms with Gasteiger partial charge >= 0.3 is 0 Å². The number of pyridine rings is 1. The molecule has 0 fully saturated rings. The summed E-state index contributed by atoms with van der Waals surface area (Å²) in [5.74, 6) is 0. The van der Waals surface area contributed by atoms with E-state index in [4.69, 9.17) is 0 Å². The number of nitrogens with one attached hydrogen (secondary N) is 1. The molecule has 0 aliphatic rings. The van der Waals surface area contributed by atoms with Crippen LogP contribution in [0.5, 0.6) is 0 Å². The van der Waals surface area contributed by atoms with Gasteiger partial charge in [-0.2, -0.15) is 5.26 Å². The first kappa shape index (κ1) is 16.3. The number of nitrogens with zero attached hydrogens (tertiary/aromatic N) is 4. The predicted octanol–water partition coefficient (Wildman–Crippen LogP) is 3.21. The van der Waals surface area contributed by atoms with Crippen molar-refractivity contribution in [2.24, 2.45) is 0 Å². The standard InChI is InChI=1S/C20H17N5/c1-15(23-9-8-18-14-22-10-11-24-18)17-6-7-20(25-13-17)19-5-3-2-4-16(19)12-21/h2-7,10-11,13-14,23H,1,8-9H2. The minimum absolute atomic E-state index is 0.615. The molecule has 5 nitrogen and oxygen atoms in total. The Morgan fingerprint density at radius 2 is 1.96 bits per heavy atom. The van der Waals surface area contributed by atoms with Gasteiger partial charge < -0.3 is 5.32 Å². The summed E-state index contributed by atoms with van der Waals surface area (Å²) in [5, 5.41) is 12.5. The van der Waals surface area contributed by atoms with Crippen LogP contribution in [0, 0.1) is 11.3 Å². The molecule has 2 heterocycles. The van der Waals surface area contributed by atoms with E-state index in [0.717, 1.165) is 41.2 Å². The molecule has 122 valence electrons. The van der Waals surface area contributed by atoms with E-state index in [1.165, 1.54) is 0 Å². The van der Waals surface area contributed by atoms with Crippen LogP contribution in [0.3, 0.4) is 0 Å². The Morgan fingerprint density at radius 1 is 1.08 bits per heavy atom. The van der Waals surface area contributed by atoms with E-state index in [-0.39, 0.29) is 0 Å². The maximum absolute atomic E-state index is 9.20. The van der Waals surface area contributed by atoms with Gasteiger partial charge in [0.05, 0.1) is 23.0 Å². The zero-order valence-electron chi connectivity index (χ0n) is 13.7. The summed E-state index contributed by atoms with van der Waals surface area (Å²) < 4.78 is 0. The number of nitriles is 1. The maximum atomic E-state index is 9.20. The van der Waals surface area contributed by atoms with Gasteiger partial charge in [-0.1, -0.05) is 24.8 Å². The van der Waals surface area contributed by atoms with Crippen LogP contribution in [-0.4, -0.2) is 21.5 Å². The van der Waals surface area contributed by atoms with Crippen molar-refractivity contribution in [3.8, 4) is 17.3 Å². The molecule has 3 aromatic rings. The van der Waals surface area contributed by atoms with Gasteiger partial charge in [0, 0.05) is 54.6 Å². The molecule has 1 N–H and O–H groups in total. The number of hydrogen-bond donors (Lipinski definition) is 1. The van der Waals surface area contributed by atoms with E-state index in [1.807, 2.05) is 30.3 Å². The van der Waals surface area contributed by atoms with Crippen molar-refractivity contribution < 1.29 is 0 Å². The first-order chi connectivity index (χ1) is 12.3. The fourth-order valence-electron chi connectivity index (χ4n) is 2.44. The molecule has 0 saturated carbocycles. The number of aromatic nitrogens is 3. The quantitative estimate of drug-likeness (QED) is 0.752. The number of benzene rings is 1. The van der Waals surface area contributed by atoms with E-state index < -0.39 is 0 Å². The molecular weight excluding hydrogens is 310 g/mol. The molecule has 0 aliphatic heterocycles. The van der Waals surface area contributed by atoms with Crippen molar-refractivity contribution in [2.75, 3.05) is 6.54 Å². The first-order valence-electron chi connectivity index (χ1n) is 7.91. The van der Waals surface area contributed by atoms with Gasteiger partial charge in [0.15, 0.2) is 0 Å². The summed E-state index contributed by atoms with van der Waals surface area (Å²) in [5.41, 5.74) is 4.87. The summed E-state index contributed by atoms with van der Waals surface area (Å²) >= 11 is 0. The zero-order chi connectivity index (χ0) is 17.5. The monoisotopic (exact) mass is 327 g/mol. The van der Waals surface area contributed by atoms with Crippen LogP contribution in [0.1, 0.15) is 16.8 Å². The largest absolute Gasteiger partial charge is 0.385 e. The SMILES string of the molecule is C=C(NCCc1cnccn1)c1ccc(-c2ccccc2C#N)nc1. The summed E-state index contributed by atoms with van der Waals surface area (Å²) in [6, 6.07) is 13.5. The van der Waals surface area contributed by atoms with Crippen molar-refractivity contribution in [3.05, 3.63) is 84.6 Å². The van der Waals surface area contributed by atoms with Crippen LogP contribution in [-0.2, 0) is 6.42 Å². The molecule has 5 heteroatoms. The molecule has 0 saturated heterocycles. The summed E-state index contributed by atoms with van der Waals surface area (Å²) in [7, 11) is 0. The van der Waals surface area contributed by atoms with E-state index >= 15 is 0 Å². The minimum atomic E-state index is 0.615. The third-order valence-electron chi connectivity index (χ3n) is 3.77. The summed E-state index contributed by atoms with van der Waals surface area (Å²) in [6.45, 7) is 4.77.